The third kappa shape index (κ3) is 3.17. The molecule has 2 rings (SSSR count). The van der Waals surface area contributed by atoms with Crippen LogP contribution in [0, 0.1) is 5.92 Å². The predicted molar refractivity (Wildman–Crippen MR) is 80.7 cm³/mol. The lowest BCUT2D eigenvalue weighted by Crippen LogP contribution is -2.46. The van der Waals surface area contributed by atoms with Crippen LogP contribution in [-0.4, -0.2) is 21.5 Å². The highest BCUT2D eigenvalue weighted by molar-refractivity contribution is 6.58. The maximum Gasteiger partial charge on any atom is 0.257 e. The zero-order valence-corrected chi connectivity index (χ0v) is 12.6. The van der Waals surface area contributed by atoms with Gasteiger partial charge in [0.1, 0.15) is 0 Å². The fourth-order valence-electron chi connectivity index (χ4n) is 2.27. The van der Waals surface area contributed by atoms with E-state index in [0.29, 0.717) is 6.42 Å². The maximum absolute atomic E-state index is 12.3. The van der Waals surface area contributed by atoms with E-state index in [1.807, 2.05) is 37.3 Å². The third-order valence-corrected chi connectivity index (χ3v) is 4.35. The minimum atomic E-state index is -1.67. The van der Waals surface area contributed by atoms with Gasteiger partial charge in [-0.15, -0.1) is 0 Å². The van der Waals surface area contributed by atoms with Crippen molar-refractivity contribution in [1.82, 2.24) is 5.32 Å². The van der Waals surface area contributed by atoms with E-state index in [9.17, 15) is 9.90 Å². The molecular formula is C15H17Cl2NO2. The van der Waals surface area contributed by atoms with E-state index in [4.69, 9.17) is 23.2 Å². The number of halogens is 2. The summed E-state index contributed by atoms with van der Waals surface area (Å²) in [5.41, 5.74) is 0.965. The van der Waals surface area contributed by atoms with Crippen LogP contribution in [0.1, 0.15) is 24.9 Å². The second-order valence-electron chi connectivity index (χ2n) is 4.99. The van der Waals surface area contributed by atoms with Gasteiger partial charge in [-0.25, -0.2) is 0 Å². The number of rotatable bonds is 4. The first kappa shape index (κ1) is 15.4. The largest absolute Gasteiger partial charge is 0.392 e. The summed E-state index contributed by atoms with van der Waals surface area (Å²) < 4.78 is -1.67. The Bertz CT molecular complexity index is 502. The summed E-state index contributed by atoms with van der Waals surface area (Å²) in [4.78, 5) is 12.3. The van der Waals surface area contributed by atoms with Crippen molar-refractivity contribution in [3.63, 3.8) is 0 Å². The quantitative estimate of drug-likeness (QED) is 0.663. The van der Waals surface area contributed by atoms with Gasteiger partial charge in [-0.1, -0.05) is 65.7 Å². The first-order valence-electron chi connectivity index (χ1n) is 6.51. The molecule has 2 N–H and O–H groups in total. The van der Waals surface area contributed by atoms with E-state index >= 15 is 0 Å². The average Bonchev–Trinajstić information content (AvgIpc) is 2.86. The van der Waals surface area contributed by atoms with Crippen LogP contribution in [0.4, 0.5) is 0 Å². The molecule has 20 heavy (non-hydrogen) atoms. The van der Waals surface area contributed by atoms with Gasteiger partial charge in [0, 0.05) is 5.92 Å². The van der Waals surface area contributed by atoms with Crippen molar-refractivity contribution in [2.75, 3.05) is 0 Å². The van der Waals surface area contributed by atoms with E-state index in [-0.39, 0.29) is 6.04 Å². The number of hydrogen-bond donors (Lipinski definition) is 2. The second kappa shape index (κ2) is 6.17. The molecule has 0 aromatic heterocycles. The molecule has 1 aromatic carbocycles. The number of hydrogen-bond acceptors (Lipinski definition) is 2. The number of carbonyl (C=O) groups is 1. The third-order valence-electron chi connectivity index (χ3n) is 3.50. The summed E-state index contributed by atoms with van der Waals surface area (Å²) in [6, 6.07) is 9.33. The van der Waals surface area contributed by atoms with Gasteiger partial charge < -0.3 is 10.4 Å². The van der Waals surface area contributed by atoms with Crippen molar-refractivity contribution in [2.45, 2.75) is 29.8 Å². The molecule has 0 saturated carbocycles. The lowest BCUT2D eigenvalue weighted by atomic mass is 10.00. The van der Waals surface area contributed by atoms with Gasteiger partial charge in [0.2, 0.25) is 4.33 Å². The SMILES string of the molecule is C[C@@H](NC(=O)C(Cl)(Cl)[C@H]1C=CC[C@H]1O)c1ccccc1. The Morgan fingerprint density at radius 3 is 2.60 bits per heavy atom. The van der Waals surface area contributed by atoms with Crippen molar-refractivity contribution in [3.8, 4) is 0 Å². The number of amides is 1. The molecule has 0 fully saturated rings. The molecule has 0 spiro atoms. The van der Waals surface area contributed by atoms with Gasteiger partial charge in [-0.3, -0.25) is 4.79 Å². The van der Waals surface area contributed by atoms with Crippen molar-refractivity contribution < 1.29 is 9.90 Å². The van der Waals surface area contributed by atoms with Gasteiger partial charge in [-0.2, -0.15) is 0 Å². The van der Waals surface area contributed by atoms with E-state index in [1.54, 1.807) is 12.2 Å². The topological polar surface area (TPSA) is 49.3 Å². The van der Waals surface area contributed by atoms with Gasteiger partial charge >= 0.3 is 0 Å². The summed E-state index contributed by atoms with van der Waals surface area (Å²) in [5, 5.41) is 12.6. The van der Waals surface area contributed by atoms with Crippen LogP contribution in [0.25, 0.3) is 0 Å². The Labute approximate surface area is 128 Å². The number of benzene rings is 1. The van der Waals surface area contributed by atoms with Gasteiger partial charge in [0.15, 0.2) is 0 Å². The fraction of sp³-hybridized carbons (Fsp3) is 0.400. The highest BCUT2D eigenvalue weighted by atomic mass is 35.5. The Hall–Kier alpha value is -1.03. The second-order valence-corrected chi connectivity index (χ2v) is 6.37. The summed E-state index contributed by atoms with van der Waals surface area (Å²) in [5.74, 6) is -1.08. The lowest BCUT2D eigenvalue weighted by Gasteiger charge is -2.28. The summed E-state index contributed by atoms with van der Waals surface area (Å²) in [6.45, 7) is 1.86. The van der Waals surface area contributed by atoms with Crippen LogP contribution in [0.5, 0.6) is 0 Å². The fourth-order valence-corrected chi connectivity index (χ4v) is 2.82. The Morgan fingerprint density at radius 2 is 2.05 bits per heavy atom. The molecule has 0 heterocycles. The normalized spacial score (nSPS) is 23.6. The Kier molecular flexibility index (Phi) is 4.74. The molecule has 1 aliphatic carbocycles. The Balaban J connectivity index is 2.06. The lowest BCUT2D eigenvalue weighted by molar-refractivity contribution is -0.123. The van der Waals surface area contributed by atoms with Crippen LogP contribution in [0.15, 0.2) is 42.5 Å². The molecule has 108 valence electrons. The van der Waals surface area contributed by atoms with E-state index in [2.05, 4.69) is 5.32 Å². The number of carbonyl (C=O) groups excluding carboxylic acids is 1. The van der Waals surface area contributed by atoms with E-state index in [0.717, 1.165) is 5.56 Å². The Morgan fingerprint density at radius 1 is 1.40 bits per heavy atom. The first-order chi connectivity index (χ1) is 9.43. The molecule has 0 unspecified atom stereocenters. The summed E-state index contributed by atoms with van der Waals surface area (Å²) in [6.07, 6.45) is 3.22. The zero-order chi connectivity index (χ0) is 14.8. The van der Waals surface area contributed by atoms with Crippen LogP contribution in [0.3, 0.4) is 0 Å². The predicted octanol–water partition coefficient (Wildman–Crippen LogP) is 2.97. The van der Waals surface area contributed by atoms with Crippen molar-refractivity contribution in [1.29, 1.82) is 0 Å². The van der Waals surface area contributed by atoms with E-state index < -0.39 is 22.3 Å². The average molecular weight is 314 g/mol. The summed E-state index contributed by atoms with van der Waals surface area (Å²) in [7, 11) is 0. The van der Waals surface area contributed by atoms with Crippen LogP contribution >= 0.6 is 23.2 Å². The highest BCUT2D eigenvalue weighted by Gasteiger charge is 2.46. The highest BCUT2D eigenvalue weighted by Crippen LogP contribution is 2.38. The molecule has 1 aliphatic rings. The molecule has 3 atom stereocenters. The van der Waals surface area contributed by atoms with Crippen molar-refractivity contribution >= 4 is 29.1 Å². The first-order valence-corrected chi connectivity index (χ1v) is 7.27. The van der Waals surface area contributed by atoms with Gasteiger partial charge in [-0.05, 0) is 18.9 Å². The molecule has 5 heteroatoms. The van der Waals surface area contributed by atoms with Crippen LogP contribution < -0.4 is 5.32 Å². The number of aliphatic hydroxyl groups excluding tert-OH is 1. The van der Waals surface area contributed by atoms with Crippen molar-refractivity contribution in [3.05, 3.63) is 48.0 Å². The molecule has 0 aliphatic heterocycles. The van der Waals surface area contributed by atoms with Crippen LogP contribution in [-0.2, 0) is 4.79 Å². The minimum absolute atomic E-state index is 0.205. The zero-order valence-electron chi connectivity index (χ0n) is 11.1. The molecule has 3 nitrogen and oxygen atoms in total. The molecule has 1 aromatic rings. The van der Waals surface area contributed by atoms with Gasteiger partial charge in [0.05, 0.1) is 12.1 Å². The van der Waals surface area contributed by atoms with E-state index in [1.165, 1.54) is 0 Å². The monoisotopic (exact) mass is 313 g/mol. The molecular weight excluding hydrogens is 297 g/mol. The van der Waals surface area contributed by atoms with Gasteiger partial charge in [0.25, 0.3) is 5.91 Å². The summed E-state index contributed by atoms with van der Waals surface area (Å²) >= 11 is 12.3. The number of alkyl halides is 2. The standard InChI is InChI=1S/C15H17Cl2NO2/c1-10(11-6-3-2-4-7-11)18-14(20)15(16,17)12-8-5-9-13(12)19/h2-8,10,12-13,19H,9H2,1H3,(H,18,20)/t10-,12+,13-/m1/s1. The molecule has 0 saturated heterocycles. The maximum atomic E-state index is 12.3. The smallest absolute Gasteiger partial charge is 0.257 e. The van der Waals surface area contributed by atoms with Crippen LogP contribution in [0.2, 0.25) is 0 Å². The molecule has 0 bridgehead atoms. The number of aliphatic hydroxyl groups is 1. The molecule has 0 radical (unpaired) electrons. The van der Waals surface area contributed by atoms with Crippen molar-refractivity contribution in [2.24, 2.45) is 5.92 Å². The molecule has 1 amide bonds. The minimum Gasteiger partial charge on any atom is -0.392 e. The number of nitrogens with one attached hydrogen (secondary N) is 1.